The molecule has 0 aliphatic rings. The van der Waals surface area contributed by atoms with E-state index in [2.05, 4.69) is 25.3 Å². The Morgan fingerprint density at radius 2 is 1.89 bits per heavy atom. The number of methoxy groups -OCH3 is 1. The number of nitrogens with zero attached hydrogens (tertiary/aromatic N) is 6. The van der Waals surface area contributed by atoms with Crippen molar-refractivity contribution in [2.24, 2.45) is 0 Å². The first-order valence-corrected chi connectivity index (χ1v) is 8.24. The van der Waals surface area contributed by atoms with Crippen LogP contribution >= 0.6 is 0 Å². The molecule has 4 aromatic rings. The SMILES string of the molecule is COCc1cccc(Cn2cc(-c3cc(-c4ccco4)nc(N)n3)nn2)n1. The summed E-state index contributed by atoms with van der Waals surface area (Å²) in [7, 11) is 1.64. The summed E-state index contributed by atoms with van der Waals surface area (Å²) in [5, 5.41) is 8.35. The van der Waals surface area contributed by atoms with Gasteiger partial charge in [-0.1, -0.05) is 11.3 Å². The average molecular weight is 363 g/mol. The second-order valence-electron chi connectivity index (χ2n) is 5.83. The lowest BCUT2D eigenvalue weighted by Crippen LogP contribution is -2.04. The van der Waals surface area contributed by atoms with E-state index < -0.39 is 0 Å². The fourth-order valence-electron chi connectivity index (χ4n) is 2.65. The molecule has 0 spiro atoms. The average Bonchev–Trinajstić information content (AvgIpc) is 3.34. The molecule has 2 N–H and O–H groups in total. The van der Waals surface area contributed by atoms with Gasteiger partial charge in [-0.25, -0.2) is 14.6 Å². The molecular formula is C18H17N7O2. The molecule has 0 aromatic carbocycles. The maximum absolute atomic E-state index is 5.84. The summed E-state index contributed by atoms with van der Waals surface area (Å²) in [5.74, 6) is 0.749. The second kappa shape index (κ2) is 7.34. The Bertz CT molecular complexity index is 1040. The van der Waals surface area contributed by atoms with Crippen molar-refractivity contribution in [3.63, 3.8) is 0 Å². The molecule has 4 heterocycles. The molecule has 0 aliphatic heterocycles. The molecule has 0 fully saturated rings. The highest BCUT2D eigenvalue weighted by Gasteiger charge is 2.12. The van der Waals surface area contributed by atoms with Gasteiger partial charge < -0.3 is 14.9 Å². The van der Waals surface area contributed by atoms with Gasteiger partial charge >= 0.3 is 0 Å². The lowest BCUT2D eigenvalue weighted by molar-refractivity contribution is 0.181. The highest BCUT2D eigenvalue weighted by atomic mass is 16.5. The number of furan rings is 1. The van der Waals surface area contributed by atoms with Crippen molar-refractivity contribution in [3.05, 3.63) is 60.2 Å². The first kappa shape index (κ1) is 16.9. The van der Waals surface area contributed by atoms with Crippen LogP contribution in [0.25, 0.3) is 22.8 Å². The smallest absolute Gasteiger partial charge is 0.221 e. The van der Waals surface area contributed by atoms with Gasteiger partial charge in [0.05, 0.1) is 42.7 Å². The summed E-state index contributed by atoms with van der Waals surface area (Å²) >= 11 is 0. The standard InChI is InChI=1S/C18H17N7O2/c1-26-11-13-5-2-4-12(20-13)9-25-10-16(23-24-25)14-8-15(22-18(19)21-14)17-6-3-7-27-17/h2-8,10H,9,11H2,1H3,(H2,19,21,22). The van der Waals surface area contributed by atoms with Crippen LogP contribution in [0.3, 0.4) is 0 Å². The molecule has 0 unspecified atom stereocenters. The summed E-state index contributed by atoms with van der Waals surface area (Å²) in [6, 6.07) is 11.1. The van der Waals surface area contributed by atoms with Crippen LogP contribution in [0.15, 0.2) is 53.3 Å². The van der Waals surface area contributed by atoms with Gasteiger partial charge in [-0.15, -0.1) is 5.10 Å². The minimum absolute atomic E-state index is 0.141. The summed E-state index contributed by atoms with van der Waals surface area (Å²) in [4.78, 5) is 13.0. The van der Waals surface area contributed by atoms with Crippen molar-refractivity contribution < 1.29 is 9.15 Å². The number of hydrogen-bond acceptors (Lipinski definition) is 8. The minimum Gasteiger partial charge on any atom is -0.463 e. The predicted octanol–water partition coefficient (Wildman–Crippen LogP) is 2.17. The molecule has 0 atom stereocenters. The molecule has 4 rings (SSSR count). The van der Waals surface area contributed by atoms with E-state index >= 15 is 0 Å². The Hall–Kier alpha value is -3.59. The maximum atomic E-state index is 5.84. The van der Waals surface area contributed by atoms with Crippen LogP contribution in [0.4, 0.5) is 5.95 Å². The van der Waals surface area contributed by atoms with Crippen LogP contribution in [0, 0.1) is 0 Å². The quantitative estimate of drug-likeness (QED) is 0.554. The van der Waals surface area contributed by atoms with E-state index in [4.69, 9.17) is 14.9 Å². The van der Waals surface area contributed by atoms with Crippen LogP contribution < -0.4 is 5.73 Å². The Morgan fingerprint density at radius 1 is 1.04 bits per heavy atom. The van der Waals surface area contributed by atoms with Gasteiger partial charge in [0.25, 0.3) is 0 Å². The lowest BCUT2D eigenvalue weighted by atomic mass is 10.2. The van der Waals surface area contributed by atoms with Gasteiger partial charge in [0.1, 0.15) is 11.4 Å². The molecule has 27 heavy (non-hydrogen) atoms. The van der Waals surface area contributed by atoms with Crippen LogP contribution in [0.2, 0.25) is 0 Å². The summed E-state index contributed by atoms with van der Waals surface area (Å²) in [6.45, 7) is 0.947. The lowest BCUT2D eigenvalue weighted by Gasteiger charge is -2.03. The van der Waals surface area contributed by atoms with Gasteiger partial charge in [-0.05, 0) is 30.3 Å². The van der Waals surface area contributed by atoms with Gasteiger partial charge in [-0.3, -0.25) is 4.98 Å². The van der Waals surface area contributed by atoms with Gasteiger partial charge in [0, 0.05) is 7.11 Å². The third-order valence-electron chi connectivity index (χ3n) is 3.80. The largest absolute Gasteiger partial charge is 0.463 e. The van der Waals surface area contributed by atoms with E-state index in [9.17, 15) is 0 Å². The third-order valence-corrected chi connectivity index (χ3v) is 3.80. The van der Waals surface area contributed by atoms with E-state index in [0.29, 0.717) is 36.0 Å². The molecule has 0 amide bonds. The van der Waals surface area contributed by atoms with Crippen LogP contribution in [0.5, 0.6) is 0 Å². The van der Waals surface area contributed by atoms with Crippen molar-refractivity contribution in [3.8, 4) is 22.8 Å². The Balaban J connectivity index is 1.59. The fraction of sp³-hybridized carbons (Fsp3) is 0.167. The van der Waals surface area contributed by atoms with Crippen molar-refractivity contribution in [1.82, 2.24) is 29.9 Å². The third kappa shape index (κ3) is 3.82. The molecule has 136 valence electrons. The number of ether oxygens (including phenoxy) is 1. The van der Waals surface area contributed by atoms with Crippen molar-refractivity contribution in [2.75, 3.05) is 12.8 Å². The zero-order chi connectivity index (χ0) is 18.6. The molecule has 9 nitrogen and oxygen atoms in total. The number of aromatic nitrogens is 6. The number of rotatable bonds is 6. The molecule has 9 heteroatoms. The van der Waals surface area contributed by atoms with Crippen molar-refractivity contribution in [2.45, 2.75) is 13.2 Å². The van der Waals surface area contributed by atoms with E-state index in [1.54, 1.807) is 42.5 Å². The van der Waals surface area contributed by atoms with Crippen LogP contribution in [-0.2, 0) is 17.9 Å². The van der Waals surface area contributed by atoms with Crippen LogP contribution in [-0.4, -0.2) is 37.1 Å². The highest BCUT2D eigenvalue weighted by molar-refractivity contribution is 5.63. The van der Waals surface area contributed by atoms with Gasteiger partial charge in [-0.2, -0.15) is 0 Å². The number of anilines is 1. The fourth-order valence-corrected chi connectivity index (χ4v) is 2.65. The summed E-state index contributed by atoms with van der Waals surface area (Å²) in [5.41, 5.74) is 9.31. The monoisotopic (exact) mass is 363 g/mol. The van der Waals surface area contributed by atoms with E-state index in [0.717, 1.165) is 11.4 Å². The maximum Gasteiger partial charge on any atom is 0.221 e. The normalized spacial score (nSPS) is 11.0. The second-order valence-corrected chi connectivity index (χ2v) is 5.83. The number of nitrogen functional groups attached to an aromatic ring is 1. The zero-order valence-corrected chi connectivity index (χ0v) is 14.6. The first-order chi connectivity index (χ1) is 13.2. The van der Waals surface area contributed by atoms with E-state index in [1.807, 2.05) is 18.2 Å². The van der Waals surface area contributed by atoms with Crippen molar-refractivity contribution in [1.29, 1.82) is 0 Å². The molecule has 0 saturated heterocycles. The minimum atomic E-state index is 0.141. The van der Waals surface area contributed by atoms with Crippen molar-refractivity contribution >= 4 is 5.95 Å². The van der Waals surface area contributed by atoms with E-state index in [-0.39, 0.29) is 5.95 Å². The number of nitrogens with two attached hydrogens (primary N) is 1. The summed E-state index contributed by atoms with van der Waals surface area (Å²) < 4.78 is 12.2. The molecular weight excluding hydrogens is 346 g/mol. The Kier molecular flexibility index (Phi) is 4.58. The van der Waals surface area contributed by atoms with Crippen LogP contribution in [0.1, 0.15) is 11.4 Å². The Morgan fingerprint density at radius 3 is 2.70 bits per heavy atom. The topological polar surface area (TPSA) is 118 Å². The molecule has 0 saturated carbocycles. The predicted molar refractivity (Wildman–Crippen MR) is 97.2 cm³/mol. The number of hydrogen-bond donors (Lipinski definition) is 1. The first-order valence-electron chi connectivity index (χ1n) is 8.24. The Labute approximate surface area is 154 Å². The molecule has 0 bridgehead atoms. The van der Waals surface area contributed by atoms with E-state index in [1.165, 1.54) is 0 Å². The zero-order valence-electron chi connectivity index (χ0n) is 14.6. The van der Waals surface area contributed by atoms with Gasteiger partial charge in [0.15, 0.2) is 5.76 Å². The molecule has 4 aromatic heterocycles. The highest BCUT2D eigenvalue weighted by Crippen LogP contribution is 2.23. The summed E-state index contributed by atoms with van der Waals surface area (Å²) in [6.07, 6.45) is 3.37. The molecule has 0 aliphatic carbocycles. The number of pyridine rings is 1. The molecule has 0 radical (unpaired) electrons. The van der Waals surface area contributed by atoms with Gasteiger partial charge in [0.2, 0.25) is 5.95 Å².